The molecule has 4 heteroatoms. The largest absolute Gasteiger partial charge is 0.326 e. The predicted octanol–water partition coefficient (Wildman–Crippen LogP) is 2.72. The molecule has 0 saturated heterocycles. The SMILES string of the molecule is CCC(N)C(c1cnn(C)c1)N(CC)Cc1ccccc1. The van der Waals surface area contributed by atoms with Crippen LogP contribution >= 0.6 is 0 Å². The van der Waals surface area contributed by atoms with Crippen molar-refractivity contribution in [2.75, 3.05) is 6.54 Å². The van der Waals surface area contributed by atoms with Gasteiger partial charge in [-0.1, -0.05) is 44.2 Å². The van der Waals surface area contributed by atoms with Crippen molar-refractivity contribution in [3.8, 4) is 0 Å². The second kappa shape index (κ2) is 7.38. The standard InChI is InChI=1S/C17H26N4/c1-4-16(18)17(15-11-19-20(3)13-15)21(5-2)12-14-9-7-6-8-10-14/h6-11,13,16-17H,4-5,12,18H2,1-3H3. The first-order valence-corrected chi connectivity index (χ1v) is 7.67. The highest BCUT2D eigenvalue weighted by molar-refractivity contribution is 5.17. The monoisotopic (exact) mass is 286 g/mol. The van der Waals surface area contributed by atoms with Crippen LogP contribution in [-0.4, -0.2) is 27.3 Å². The van der Waals surface area contributed by atoms with Crippen molar-refractivity contribution in [1.29, 1.82) is 0 Å². The lowest BCUT2D eigenvalue weighted by Crippen LogP contribution is -2.40. The van der Waals surface area contributed by atoms with Gasteiger partial charge in [0.2, 0.25) is 0 Å². The van der Waals surface area contributed by atoms with E-state index in [1.54, 1.807) is 0 Å². The lowest BCUT2D eigenvalue weighted by atomic mass is 9.98. The van der Waals surface area contributed by atoms with Gasteiger partial charge < -0.3 is 5.73 Å². The number of nitrogens with two attached hydrogens (primary N) is 1. The van der Waals surface area contributed by atoms with Gasteiger partial charge >= 0.3 is 0 Å². The number of aryl methyl sites for hydroxylation is 1. The van der Waals surface area contributed by atoms with Crippen LogP contribution in [0.1, 0.15) is 37.4 Å². The molecule has 1 heterocycles. The zero-order valence-corrected chi connectivity index (χ0v) is 13.2. The maximum absolute atomic E-state index is 6.41. The molecule has 2 N–H and O–H groups in total. The molecule has 2 rings (SSSR count). The Balaban J connectivity index is 2.25. The molecule has 1 aromatic heterocycles. The van der Waals surface area contributed by atoms with Gasteiger partial charge in [-0.25, -0.2) is 0 Å². The molecule has 21 heavy (non-hydrogen) atoms. The van der Waals surface area contributed by atoms with E-state index in [9.17, 15) is 0 Å². The van der Waals surface area contributed by atoms with E-state index < -0.39 is 0 Å². The molecule has 4 nitrogen and oxygen atoms in total. The van der Waals surface area contributed by atoms with Crippen molar-refractivity contribution in [1.82, 2.24) is 14.7 Å². The lowest BCUT2D eigenvalue weighted by Gasteiger charge is -2.34. The first-order valence-electron chi connectivity index (χ1n) is 7.67. The molecule has 0 spiro atoms. The number of hydrogen-bond acceptors (Lipinski definition) is 3. The molecule has 0 aliphatic carbocycles. The van der Waals surface area contributed by atoms with Crippen molar-refractivity contribution >= 4 is 0 Å². The maximum atomic E-state index is 6.41. The summed E-state index contributed by atoms with van der Waals surface area (Å²) in [6.45, 7) is 6.20. The third-order valence-corrected chi connectivity index (χ3v) is 3.97. The molecule has 0 saturated carbocycles. The molecule has 0 radical (unpaired) electrons. The first-order chi connectivity index (χ1) is 10.2. The van der Waals surface area contributed by atoms with Gasteiger partial charge in [-0.05, 0) is 18.5 Å². The third-order valence-electron chi connectivity index (χ3n) is 3.97. The topological polar surface area (TPSA) is 47.1 Å². The highest BCUT2D eigenvalue weighted by atomic mass is 15.3. The second-order valence-electron chi connectivity index (χ2n) is 5.51. The van der Waals surface area contributed by atoms with Gasteiger partial charge in [-0.15, -0.1) is 0 Å². The molecule has 1 aromatic carbocycles. The predicted molar refractivity (Wildman–Crippen MR) is 86.7 cm³/mol. The highest BCUT2D eigenvalue weighted by Gasteiger charge is 2.26. The normalized spacial score (nSPS) is 14.3. The fraction of sp³-hybridized carbons (Fsp3) is 0.471. The Morgan fingerprint density at radius 3 is 2.48 bits per heavy atom. The molecule has 0 amide bonds. The van der Waals surface area contributed by atoms with Gasteiger partial charge in [-0.2, -0.15) is 5.10 Å². The second-order valence-corrected chi connectivity index (χ2v) is 5.51. The number of benzene rings is 1. The van der Waals surface area contributed by atoms with Crippen molar-refractivity contribution in [2.45, 2.75) is 38.9 Å². The van der Waals surface area contributed by atoms with E-state index in [-0.39, 0.29) is 12.1 Å². The Kier molecular flexibility index (Phi) is 5.53. The van der Waals surface area contributed by atoms with Gasteiger partial charge in [0.15, 0.2) is 0 Å². The summed E-state index contributed by atoms with van der Waals surface area (Å²) in [6.07, 6.45) is 4.96. The summed E-state index contributed by atoms with van der Waals surface area (Å²) >= 11 is 0. The molecule has 2 aromatic rings. The molecule has 2 atom stereocenters. The maximum Gasteiger partial charge on any atom is 0.0538 e. The van der Waals surface area contributed by atoms with Crippen LogP contribution in [0.15, 0.2) is 42.7 Å². The zero-order chi connectivity index (χ0) is 15.2. The minimum atomic E-state index is 0.109. The van der Waals surface area contributed by atoms with Crippen LogP contribution in [0, 0.1) is 0 Å². The van der Waals surface area contributed by atoms with Crippen LogP contribution < -0.4 is 5.73 Å². The summed E-state index contributed by atoms with van der Waals surface area (Å²) in [7, 11) is 1.95. The van der Waals surface area contributed by atoms with E-state index in [2.05, 4.69) is 60.4 Å². The fourth-order valence-electron chi connectivity index (χ4n) is 2.77. The third kappa shape index (κ3) is 3.93. The summed E-state index contributed by atoms with van der Waals surface area (Å²) in [5.41, 5.74) is 8.92. The van der Waals surface area contributed by atoms with Gasteiger partial charge in [-0.3, -0.25) is 9.58 Å². The molecule has 114 valence electrons. The van der Waals surface area contributed by atoms with Gasteiger partial charge in [0, 0.05) is 31.4 Å². The number of rotatable bonds is 7. The Labute approximate surface area is 127 Å². The molecule has 0 aliphatic heterocycles. The van der Waals surface area contributed by atoms with E-state index in [0.29, 0.717) is 0 Å². The Morgan fingerprint density at radius 2 is 1.95 bits per heavy atom. The van der Waals surface area contributed by atoms with Crippen LogP contribution in [0.3, 0.4) is 0 Å². The van der Waals surface area contributed by atoms with Crippen LogP contribution in [0.2, 0.25) is 0 Å². The zero-order valence-electron chi connectivity index (χ0n) is 13.2. The molecular formula is C17H26N4. The van der Waals surface area contributed by atoms with Crippen LogP contribution in [0.5, 0.6) is 0 Å². The van der Waals surface area contributed by atoms with Crippen molar-refractivity contribution in [3.63, 3.8) is 0 Å². The van der Waals surface area contributed by atoms with Crippen LogP contribution in [0.25, 0.3) is 0 Å². The Bertz CT molecular complexity index is 535. The lowest BCUT2D eigenvalue weighted by molar-refractivity contribution is 0.169. The van der Waals surface area contributed by atoms with Gasteiger partial charge in [0.1, 0.15) is 0 Å². The smallest absolute Gasteiger partial charge is 0.0538 e. The molecule has 2 unspecified atom stereocenters. The summed E-state index contributed by atoms with van der Waals surface area (Å²) in [5, 5.41) is 4.31. The Hall–Kier alpha value is -1.65. The van der Waals surface area contributed by atoms with Gasteiger partial charge in [0.25, 0.3) is 0 Å². The summed E-state index contributed by atoms with van der Waals surface area (Å²) in [6, 6.07) is 10.9. The minimum Gasteiger partial charge on any atom is -0.326 e. The minimum absolute atomic E-state index is 0.109. The average molecular weight is 286 g/mol. The van der Waals surface area contributed by atoms with E-state index in [0.717, 1.165) is 19.5 Å². The molecular weight excluding hydrogens is 260 g/mol. The van der Waals surface area contributed by atoms with Crippen molar-refractivity contribution < 1.29 is 0 Å². The fourth-order valence-corrected chi connectivity index (χ4v) is 2.77. The number of nitrogens with zero attached hydrogens (tertiary/aromatic N) is 3. The van der Waals surface area contributed by atoms with E-state index >= 15 is 0 Å². The van der Waals surface area contributed by atoms with Crippen LogP contribution in [-0.2, 0) is 13.6 Å². The first kappa shape index (κ1) is 15.7. The number of hydrogen-bond donors (Lipinski definition) is 1. The summed E-state index contributed by atoms with van der Waals surface area (Å²) in [5.74, 6) is 0. The van der Waals surface area contributed by atoms with E-state index in [1.165, 1.54) is 11.1 Å². The molecule has 0 bridgehead atoms. The average Bonchev–Trinajstić information content (AvgIpc) is 2.93. The van der Waals surface area contributed by atoms with Crippen LogP contribution in [0.4, 0.5) is 0 Å². The number of likely N-dealkylation sites (N-methyl/N-ethyl adjacent to an activating group) is 1. The van der Waals surface area contributed by atoms with Crippen molar-refractivity contribution in [3.05, 3.63) is 53.9 Å². The molecule has 0 fully saturated rings. The quantitative estimate of drug-likeness (QED) is 0.851. The summed E-state index contributed by atoms with van der Waals surface area (Å²) < 4.78 is 1.85. The number of aromatic nitrogens is 2. The molecule has 0 aliphatic rings. The van der Waals surface area contributed by atoms with E-state index in [4.69, 9.17) is 5.73 Å². The Morgan fingerprint density at radius 1 is 1.24 bits per heavy atom. The van der Waals surface area contributed by atoms with E-state index in [1.807, 2.05) is 17.9 Å². The van der Waals surface area contributed by atoms with Crippen molar-refractivity contribution in [2.24, 2.45) is 12.8 Å². The summed E-state index contributed by atoms with van der Waals surface area (Å²) in [4.78, 5) is 2.43. The highest BCUT2D eigenvalue weighted by Crippen LogP contribution is 2.26. The van der Waals surface area contributed by atoms with Gasteiger partial charge in [0.05, 0.1) is 12.2 Å².